The minimum atomic E-state index is -0.441. The summed E-state index contributed by atoms with van der Waals surface area (Å²) in [6.07, 6.45) is 0.765. The summed E-state index contributed by atoms with van der Waals surface area (Å²) in [6, 6.07) is 18.6. The lowest BCUT2D eigenvalue weighted by molar-refractivity contribution is 0.0954. The first-order valence-corrected chi connectivity index (χ1v) is 10.1. The van der Waals surface area contributed by atoms with Gasteiger partial charge in [0.25, 0.3) is 11.5 Å². The van der Waals surface area contributed by atoms with E-state index in [2.05, 4.69) is 10.3 Å². The maximum atomic E-state index is 12.5. The standard InChI is InChI=1S/C22H19N3O3S/c26-20(23-12-10-15-4-2-1-3-5-15)17-8-6-16(7-9-17)14-25-21(27)19-18(11-13-29-19)24-22(25)28/h1-9,11,13H,10,12,14H2,(H,23,26)(H,24,28). The van der Waals surface area contributed by atoms with Crippen LogP contribution in [-0.2, 0) is 13.0 Å². The summed E-state index contributed by atoms with van der Waals surface area (Å²) in [6.45, 7) is 0.702. The van der Waals surface area contributed by atoms with Gasteiger partial charge in [-0.15, -0.1) is 11.3 Å². The molecule has 0 unspecified atom stereocenters. The summed E-state index contributed by atoms with van der Waals surface area (Å²) >= 11 is 1.30. The Hall–Kier alpha value is -3.45. The molecule has 0 bridgehead atoms. The number of fused-ring (bicyclic) bond motifs is 1. The van der Waals surface area contributed by atoms with Crippen LogP contribution in [0.3, 0.4) is 0 Å². The van der Waals surface area contributed by atoms with Gasteiger partial charge >= 0.3 is 5.69 Å². The highest BCUT2D eigenvalue weighted by Gasteiger charge is 2.10. The number of nitrogens with one attached hydrogen (secondary N) is 2. The first-order valence-electron chi connectivity index (χ1n) is 9.23. The van der Waals surface area contributed by atoms with E-state index >= 15 is 0 Å². The van der Waals surface area contributed by atoms with Gasteiger partial charge in [0.15, 0.2) is 0 Å². The van der Waals surface area contributed by atoms with Gasteiger partial charge in [0.05, 0.1) is 12.1 Å². The van der Waals surface area contributed by atoms with Gasteiger partial charge in [-0.1, -0.05) is 42.5 Å². The normalized spacial score (nSPS) is 10.9. The molecule has 7 heteroatoms. The van der Waals surface area contributed by atoms with Crippen molar-refractivity contribution >= 4 is 27.5 Å². The zero-order valence-corrected chi connectivity index (χ0v) is 16.4. The number of thiophene rings is 1. The molecule has 146 valence electrons. The van der Waals surface area contributed by atoms with Gasteiger partial charge in [0, 0.05) is 12.1 Å². The first-order chi connectivity index (χ1) is 14.1. The third-order valence-electron chi connectivity index (χ3n) is 4.69. The molecule has 0 atom stereocenters. The van der Waals surface area contributed by atoms with E-state index in [0.29, 0.717) is 22.3 Å². The molecule has 1 amide bonds. The summed E-state index contributed by atoms with van der Waals surface area (Å²) in [5.41, 5.74) is 2.29. The second-order valence-electron chi connectivity index (χ2n) is 6.67. The van der Waals surface area contributed by atoms with Crippen molar-refractivity contribution in [3.05, 3.63) is 104 Å². The number of rotatable bonds is 6. The monoisotopic (exact) mass is 405 g/mol. The van der Waals surface area contributed by atoms with Crippen molar-refractivity contribution in [2.75, 3.05) is 6.54 Å². The largest absolute Gasteiger partial charge is 0.352 e. The van der Waals surface area contributed by atoms with Gasteiger partial charge in [-0.2, -0.15) is 0 Å². The predicted octanol–water partition coefficient (Wildman–Crippen LogP) is 2.77. The molecule has 2 aromatic carbocycles. The van der Waals surface area contributed by atoms with E-state index < -0.39 is 5.69 Å². The summed E-state index contributed by atoms with van der Waals surface area (Å²) in [7, 11) is 0. The van der Waals surface area contributed by atoms with Crippen molar-refractivity contribution in [2.24, 2.45) is 0 Å². The minimum Gasteiger partial charge on any atom is -0.352 e. The summed E-state index contributed by atoms with van der Waals surface area (Å²) < 4.78 is 1.70. The van der Waals surface area contributed by atoms with E-state index in [9.17, 15) is 14.4 Å². The SMILES string of the molecule is O=C(NCCc1ccccc1)c1ccc(Cn2c(=O)[nH]c3ccsc3c2=O)cc1. The Kier molecular flexibility index (Phi) is 5.39. The van der Waals surface area contributed by atoms with Crippen molar-refractivity contribution in [3.8, 4) is 0 Å². The van der Waals surface area contributed by atoms with Crippen LogP contribution >= 0.6 is 11.3 Å². The number of hydrogen-bond donors (Lipinski definition) is 2. The van der Waals surface area contributed by atoms with E-state index in [1.54, 1.807) is 35.7 Å². The van der Waals surface area contributed by atoms with Crippen LogP contribution in [0.15, 0.2) is 75.6 Å². The summed E-state index contributed by atoms with van der Waals surface area (Å²) in [5, 5.41) is 4.68. The molecular formula is C22H19N3O3S. The number of H-pyrrole nitrogens is 1. The zero-order valence-electron chi connectivity index (χ0n) is 15.6. The fourth-order valence-electron chi connectivity index (χ4n) is 3.13. The molecule has 29 heavy (non-hydrogen) atoms. The Bertz CT molecular complexity index is 1250. The van der Waals surface area contributed by atoms with E-state index in [1.807, 2.05) is 30.3 Å². The molecule has 0 radical (unpaired) electrons. The molecule has 0 saturated carbocycles. The Morgan fingerprint density at radius 3 is 2.48 bits per heavy atom. The van der Waals surface area contributed by atoms with Gasteiger partial charge in [0.1, 0.15) is 4.70 Å². The second kappa shape index (κ2) is 8.28. The number of carbonyl (C=O) groups excluding carboxylic acids is 1. The average Bonchev–Trinajstić information content (AvgIpc) is 3.21. The molecule has 2 heterocycles. The highest BCUT2D eigenvalue weighted by Crippen LogP contribution is 2.12. The molecule has 0 aliphatic heterocycles. The second-order valence-corrected chi connectivity index (χ2v) is 7.59. The fraction of sp³-hybridized carbons (Fsp3) is 0.136. The Labute approximate surface area is 170 Å². The molecule has 0 aliphatic carbocycles. The number of benzene rings is 2. The lowest BCUT2D eigenvalue weighted by atomic mass is 10.1. The van der Waals surface area contributed by atoms with Crippen LogP contribution in [0.2, 0.25) is 0 Å². The maximum Gasteiger partial charge on any atom is 0.329 e. The molecule has 2 aromatic heterocycles. The molecule has 4 rings (SSSR count). The van der Waals surface area contributed by atoms with Crippen LogP contribution < -0.4 is 16.6 Å². The predicted molar refractivity (Wildman–Crippen MR) is 115 cm³/mol. The molecule has 6 nitrogen and oxygen atoms in total. The summed E-state index contributed by atoms with van der Waals surface area (Å²) in [5.74, 6) is -0.150. The lowest BCUT2D eigenvalue weighted by Gasteiger charge is -2.08. The fourth-order valence-corrected chi connectivity index (χ4v) is 3.92. The number of aromatic amines is 1. The van der Waals surface area contributed by atoms with Crippen molar-refractivity contribution in [1.82, 2.24) is 14.9 Å². The van der Waals surface area contributed by atoms with Crippen LogP contribution in [0.25, 0.3) is 10.2 Å². The van der Waals surface area contributed by atoms with Crippen LogP contribution in [0.4, 0.5) is 0 Å². The molecule has 4 aromatic rings. The van der Waals surface area contributed by atoms with E-state index in [4.69, 9.17) is 0 Å². The van der Waals surface area contributed by atoms with Crippen LogP contribution in [0, 0.1) is 0 Å². The first kappa shape index (κ1) is 18.9. The highest BCUT2D eigenvalue weighted by atomic mass is 32.1. The average molecular weight is 405 g/mol. The smallest absolute Gasteiger partial charge is 0.329 e. The number of aromatic nitrogens is 2. The van der Waals surface area contributed by atoms with E-state index in [0.717, 1.165) is 12.0 Å². The summed E-state index contributed by atoms with van der Waals surface area (Å²) in [4.78, 5) is 39.8. The Morgan fingerprint density at radius 1 is 0.966 bits per heavy atom. The van der Waals surface area contributed by atoms with Crippen LogP contribution in [0.1, 0.15) is 21.5 Å². The number of carbonyl (C=O) groups is 1. The zero-order chi connectivity index (χ0) is 20.2. The van der Waals surface area contributed by atoms with Crippen molar-refractivity contribution in [1.29, 1.82) is 0 Å². The van der Waals surface area contributed by atoms with Crippen LogP contribution in [0.5, 0.6) is 0 Å². The molecular weight excluding hydrogens is 386 g/mol. The van der Waals surface area contributed by atoms with Gasteiger partial charge in [-0.3, -0.25) is 14.2 Å². The number of amides is 1. The molecule has 0 fully saturated rings. The number of nitrogens with zero attached hydrogens (tertiary/aromatic N) is 1. The minimum absolute atomic E-state index is 0.150. The number of hydrogen-bond acceptors (Lipinski definition) is 4. The third kappa shape index (κ3) is 4.20. The topological polar surface area (TPSA) is 84.0 Å². The Balaban J connectivity index is 1.42. The van der Waals surface area contributed by atoms with Gasteiger partial charge in [-0.05, 0) is 41.1 Å². The molecule has 0 saturated heterocycles. The lowest BCUT2D eigenvalue weighted by Crippen LogP contribution is -2.34. The van der Waals surface area contributed by atoms with Gasteiger partial charge in [0.2, 0.25) is 0 Å². The quantitative estimate of drug-likeness (QED) is 0.517. The van der Waals surface area contributed by atoms with Gasteiger partial charge in [-0.25, -0.2) is 4.79 Å². The Morgan fingerprint density at radius 2 is 1.72 bits per heavy atom. The molecule has 0 aliphatic rings. The van der Waals surface area contributed by atoms with E-state index in [-0.39, 0.29) is 18.0 Å². The molecule has 2 N–H and O–H groups in total. The van der Waals surface area contributed by atoms with Crippen molar-refractivity contribution in [3.63, 3.8) is 0 Å². The van der Waals surface area contributed by atoms with Crippen molar-refractivity contribution < 1.29 is 4.79 Å². The van der Waals surface area contributed by atoms with E-state index in [1.165, 1.54) is 21.5 Å². The van der Waals surface area contributed by atoms with Gasteiger partial charge < -0.3 is 10.3 Å². The maximum absolute atomic E-state index is 12.5. The third-order valence-corrected chi connectivity index (χ3v) is 5.59. The van der Waals surface area contributed by atoms with Crippen LogP contribution in [-0.4, -0.2) is 22.0 Å². The molecule has 0 spiro atoms. The van der Waals surface area contributed by atoms with Crippen molar-refractivity contribution in [2.45, 2.75) is 13.0 Å². The highest BCUT2D eigenvalue weighted by molar-refractivity contribution is 7.17.